The zero-order chi connectivity index (χ0) is 18.4. The summed E-state index contributed by atoms with van der Waals surface area (Å²) in [6.07, 6.45) is 2.04. The van der Waals surface area contributed by atoms with Gasteiger partial charge in [-0.25, -0.2) is 0 Å². The van der Waals surface area contributed by atoms with Gasteiger partial charge in [-0.3, -0.25) is 9.89 Å². The van der Waals surface area contributed by atoms with E-state index in [4.69, 9.17) is 4.74 Å². The largest absolute Gasteiger partial charge is 0.494 e. The number of carbonyl (C=O) groups excluding carboxylic acids is 1. The predicted molar refractivity (Wildman–Crippen MR) is 105 cm³/mol. The summed E-state index contributed by atoms with van der Waals surface area (Å²) in [5, 5.41) is 9.94. The van der Waals surface area contributed by atoms with E-state index in [0.29, 0.717) is 18.8 Å². The Hall–Kier alpha value is -2.73. The van der Waals surface area contributed by atoms with Crippen LogP contribution in [0.25, 0.3) is 11.3 Å². The summed E-state index contributed by atoms with van der Waals surface area (Å²) in [5.41, 5.74) is 3.15. The van der Waals surface area contributed by atoms with Crippen molar-refractivity contribution in [1.29, 1.82) is 0 Å². The minimum absolute atomic E-state index is 0.177. The highest BCUT2D eigenvalue weighted by atomic mass is 32.2. The molecule has 2 aromatic carbocycles. The van der Waals surface area contributed by atoms with E-state index in [0.717, 1.165) is 22.6 Å². The number of hydrogen-bond acceptors (Lipinski definition) is 4. The standard InChI is InChI=1S/C20H21N3O2S/c1-3-25-16-8-6-15(7-9-16)18-12-19(23-22-18)20(24)21-13-14-4-10-17(26-2)11-5-14/h4-12H,3,13H2,1-2H3,(H,21,24)(H,22,23). The van der Waals surface area contributed by atoms with Crippen LogP contribution >= 0.6 is 11.8 Å². The zero-order valence-electron chi connectivity index (χ0n) is 14.8. The molecule has 1 amide bonds. The molecule has 6 heteroatoms. The van der Waals surface area contributed by atoms with Crippen LogP contribution in [0.1, 0.15) is 23.0 Å². The van der Waals surface area contributed by atoms with Crippen LogP contribution in [0, 0.1) is 0 Å². The molecule has 0 unspecified atom stereocenters. The second-order valence-electron chi connectivity index (χ2n) is 5.66. The molecule has 2 N–H and O–H groups in total. The molecule has 0 bridgehead atoms. The van der Waals surface area contributed by atoms with Crippen molar-refractivity contribution in [3.8, 4) is 17.0 Å². The molecule has 134 valence electrons. The second kappa shape index (κ2) is 8.58. The predicted octanol–water partition coefficient (Wildman–Crippen LogP) is 4.13. The molecular weight excluding hydrogens is 346 g/mol. The summed E-state index contributed by atoms with van der Waals surface area (Å²) in [6.45, 7) is 3.06. The first-order valence-corrected chi connectivity index (χ1v) is 9.62. The van der Waals surface area contributed by atoms with Gasteiger partial charge in [0.1, 0.15) is 11.4 Å². The van der Waals surface area contributed by atoms with Gasteiger partial charge in [-0.05, 0) is 61.2 Å². The summed E-state index contributed by atoms with van der Waals surface area (Å²) < 4.78 is 5.43. The lowest BCUT2D eigenvalue weighted by Crippen LogP contribution is -2.23. The van der Waals surface area contributed by atoms with Gasteiger partial charge in [0.15, 0.2) is 0 Å². The highest BCUT2D eigenvalue weighted by Crippen LogP contribution is 2.21. The number of carbonyl (C=O) groups is 1. The maximum absolute atomic E-state index is 12.3. The van der Waals surface area contributed by atoms with Gasteiger partial charge in [0.25, 0.3) is 5.91 Å². The van der Waals surface area contributed by atoms with Gasteiger partial charge in [0, 0.05) is 17.0 Å². The number of H-pyrrole nitrogens is 1. The summed E-state index contributed by atoms with van der Waals surface area (Å²) >= 11 is 1.69. The molecule has 0 aliphatic carbocycles. The molecule has 3 rings (SSSR count). The van der Waals surface area contributed by atoms with Crippen molar-refractivity contribution in [3.05, 3.63) is 65.9 Å². The van der Waals surface area contributed by atoms with E-state index in [2.05, 4.69) is 15.5 Å². The SMILES string of the molecule is CCOc1ccc(-c2cc(C(=O)NCc3ccc(SC)cc3)[nH]n2)cc1. The minimum Gasteiger partial charge on any atom is -0.494 e. The lowest BCUT2D eigenvalue weighted by atomic mass is 10.1. The fraction of sp³-hybridized carbons (Fsp3) is 0.200. The van der Waals surface area contributed by atoms with Crippen LogP contribution in [0.2, 0.25) is 0 Å². The lowest BCUT2D eigenvalue weighted by molar-refractivity contribution is 0.0946. The number of aromatic amines is 1. The first-order valence-electron chi connectivity index (χ1n) is 8.39. The molecule has 0 saturated carbocycles. The fourth-order valence-corrected chi connectivity index (χ4v) is 2.90. The molecule has 0 spiro atoms. The van der Waals surface area contributed by atoms with Crippen LogP contribution in [-0.2, 0) is 6.54 Å². The molecule has 1 aromatic heterocycles. The molecule has 0 radical (unpaired) electrons. The molecule has 0 aliphatic heterocycles. The van der Waals surface area contributed by atoms with Crippen molar-refractivity contribution in [3.63, 3.8) is 0 Å². The summed E-state index contributed by atoms with van der Waals surface area (Å²) in [7, 11) is 0. The van der Waals surface area contributed by atoms with Gasteiger partial charge in [0.2, 0.25) is 0 Å². The van der Waals surface area contributed by atoms with Crippen molar-refractivity contribution in [2.24, 2.45) is 0 Å². The van der Waals surface area contributed by atoms with E-state index >= 15 is 0 Å². The number of amides is 1. The molecule has 0 aliphatic rings. The lowest BCUT2D eigenvalue weighted by Gasteiger charge is -2.04. The van der Waals surface area contributed by atoms with Crippen molar-refractivity contribution < 1.29 is 9.53 Å². The summed E-state index contributed by atoms with van der Waals surface area (Å²) in [4.78, 5) is 13.5. The first kappa shape index (κ1) is 18.1. The van der Waals surface area contributed by atoms with Crippen molar-refractivity contribution in [2.75, 3.05) is 12.9 Å². The number of nitrogens with one attached hydrogen (secondary N) is 2. The maximum atomic E-state index is 12.3. The first-order chi connectivity index (χ1) is 12.7. The number of nitrogens with zero attached hydrogens (tertiary/aromatic N) is 1. The van der Waals surface area contributed by atoms with Gasteiger partial charge >= 0.3 is 0 Å². The molecule has 3 aromatic rings. The second-order valence-corrected chi connectivity index (χ2v) is 6.53. The maximum Gasteiger partial charge on any atom is 0.269 e. The Bertz CT molecular complexity index is 858. The van der Waals surface area contributed by atoms with Gasteiger partial charge in [-0.2, -0.15) is 5.10 Å². The van der Waals surface area contributed by atoms with Crippen LogP contribution in [0.15, 0.2) is 59.5 Å². The third-order valence-corrected chi connectivity index (χ3v) is 4.64. The Morgan fingerprint density at radius 3 is 2.54 bits per heavy atom. The van der Waals surface area contributed by atoms with Gasteiger partial charge in [-0.1, -0.05) is 12.1 Å². The Morgan fingerprint density at radius 1 is 1.15 bits per heavy atom. The monoisotopic (exact) mass is 367 g/mol. The van der Waals surface area contributed by atoms with Crippen molar-refractivity contribution in [1.82, 2.24) is 15.5 Å². The highest BCUT2D eigenvalue weighted by molar-refractivity contribution is 7.98. The van der Waals surface area contributed by atoms with Crippen molar-refractivity contribution >= 4 is 17.7 Å². The summed E-state index contributed by atoms with van der Waals surface area (Å²) in [5.74, 6) is 0.640. The van der Waals surface area contributed by atoms with Gasteiger partial charge in [-0.15, -0.1) is 11.8 Å². The van der Waals surface area contributed by atoms with E-state index < -0.39 is 0 Å². The Morgan fingerprint density at radius 2 is 1.88 bits per heavy atom. The smallest absolute Gasteiger partial charge is 0.269 e. The topological polar surface area (TPSA) is 67.0 Å². The van der Waals surface area contributed by atoms with E-state index in [9.17, 15) is 4.79 Å². The minimum atomic E-state index is -0.177. The van der Waals surface area contributed by atoms with Gasteiger partial charge in [0.05, 0.1) is 12.3 Å². The fourth-order valence-electron chi connectivity index (χ4n) is 2.50. The molecule has 5 nitrogen and oxygen atoms in total. The van der Waals surface area contributed by atoms with Crippen LogP contribution in [-0.4, -0.2) is 29.0 Å². The van der Waals surface area contributed by atoms with E-state index in [1.54, 1.807) is 17.8 Å². The normalized spacial score (nSPS) is 10.5. The summed E-state index contributed by atoms with van der Waals surface area (Å²) in [6, 6.07) is 17.5. The molecule has 26 heavy (non-hydrogen) atoms. The van der Waals surface area contributed by atoms with Crippen LogP contribution in [0.4, 0.5) is 0 Å². The Balaban J connectivity index is 1.61. The zero-order valence-corrected chi connectivity index (χ0v) is 15.6. The van der Waals surface area contributed by atoms with Crippen LogP contribution in [0.5, 0.6) is 5.75 Å². The van der Waals surface area contributed by atoms with E-state index in [-0.39, 0.29) is 5.91 Å². The third-order valence-electron chi connectivity index (χ3n) is 3.90. The Labute approximate surface area is 157 Å². The number of benzene rings is 2. The number of rotatable bonds is 7. The van der Waals surface area contributed by atoms with Gasteiger partial charge < -0.3 is 10.1 Å². The Kier molecular flexibility index (Phi) is 5.96. The number of ether oxygens (including phenoxy) is 1. The highest BCUT2D eigenvalue weighted by Gasteiger charge is 2.11. The van der Waals surface area contributed by atoms with Crippen LogP contribution < -0.4 is 10.1 Å². The number of aromatic nitrogens is 2. The van der Waals surface area contributed by atoms with E-state index in [1.807, 2.05) is 61.7 Å². The average molecular weight is 367 g/mol. The van der Waals surface area contributed by atoms with E-state index in [1.165, 1.54) is 4.90 Å². The van der Waals surface area contributed by atoms with Crippen molar-refractivity contribution in [2.45, 2.75) is 18.4 Å². The quantitative estimate of drug-likeness (QED) is 0.616. The molecule has 0 fully saturated rings. The molecule has 1 heterocycles. The molecule has 0 atom stereocenters. The third kappa shape index (κ3) is 4.46. The average Bonchev–Trinajstić information content (AvgIpc) is 3.18. The number of thioether (sulfide) groups is 1. The molecular formula is C20H21N3O2S. The van der Waals surface area contributed by atoms with Crippen LogP contribution in [0.3, 0.4) is 0 Å². The number of hydrogen-bond donors (Lipinski definition) is 2. The molecule has 0 saturated heterocycles.